The normalized spacial score (nSPS) is 11.5. The zero-order chi connectivity index (χ0) is 16.0. The Morgan fingerprint density at radius 2 is 2.00 bits per heavy atom. The van der Waals surface area contributed by atoms with Crippen molar-refractivity contribution in [3.63, 3.8) is 0 Å². The van der Waals surface area contributed by atoms with Crippen LogP contribution in [0.2, 0.25) is 0 Å². The van der Waals surface area contributed by atoms with Crippen molar-refractivity contribution < 1.29 is 13.2 Å². The lowest BCUT2D eigenvalue weighted by Gasteiger charge is -2.19. The van der Waals surface area contributed by atoms with Gasteiger partial charge in [0.05, 0.1) is 13.1 Å². The van der Waals surface area contributed by atoms with E-state index in [-0.39, 0.29) is 23.2 Å². The van der Waals surface area contributed by atoms with Crippen LogP contribution >= 0.6 is 22.7 Å². The molecule has 22 heavy (non-hydrogen) atoms. The van der Waals surface area contributed by atoms with Crippen LogP contribution in [0.25, 0.3) is 0 Å². The highest BCUT2D eigenvalue weighted by Crippen LogP contribution is 2.20. The minimum Gasteiger partial charge on any atom is -0.350 e. The van der Waals surface area contributed by atoms with E-state index < -0.39 is 10.0 Å². The van der Waals surface area contributed by atoms with Crippen molar-refractivity contribution in [3.05, 3.63) is 52.6 Å². The van der Waals surface area contributed by atoms with Gasteiger partial charge in [-0.2, -0.15) is 4.31 Å². The van der Waals surface area contributed by atoms with E-state index in [4.69, 9.17) is 0 Å². The van der Waals surface area contributed by atoms with Crippen LogP contribution in [0.3, 0.4) is 0 Å². The summed E-state index contributed by atoms with van der Waals surface area (Å²) in [5.41, 5.74) is 0. The van der Waals surface area contributed by atoms with Crippen LogP contribution in [-0.4, -0.2) is 31.7 Å². The largest absolute Gasteiger partial charge is 0.350 e. The number of nitrogens with zero attached hydrogens (tertiary/aromatic N) is 1. The lowest BCUT2D eigenvalue weighted by atomic mass is 10.4. The zero-order valence-corrected chi connectivity index (χ0v) is 14.2. The Labute approximate surface area is 138 Å². The summed E-state index contributed by atoms with van der Waals surface area (Å²) in [7, 11) is -3.66. The van der Waals surface area contributed by atoms with Gasteiger partial charge in [-0.15, -0.1) is 29.3 Å². The van der Waals surface area contributed by atoms with E-state index in [1.165, 1.54) is 23.5 Å². The van der Waals surface area contributed by atoms with Gasteiger partial charge in [0.1, 0.15) is 4.21 Å². The fourth-order valence-corrected chi connectivity index (χ4v) is 4.90. The Kier molecular flexibility index (Phi) is 5.90. The van der Waals surface area contributed by atoms with Crippen LogP contribution < -0.4 is 5.32 Å². The molecule has 0 unspecified atom stereocenters. The monoisotopic (exact) mass is 356 g/mol. The van der Waals surface area contributed by atoms with E-state index in [2.05, 4.69) is 11.9 Å². The van der Waals surface area contributed by atoms with Gasteiger partial charge in [-0.1, -0.05) is 18.2 Å². The predicted molar refractivity (Wildman–Crippen MR) is 89.4 cm³/mol. The topological polar surface area (TPSA) is 66.5 Å². The number of sulfonamides is 1. The first-order valence-electron chi connectivity index (χ1n) is 6.47. The lowest BCUT2D eigenvalue weighted by molar-refractivity contribution is -0.121. The minimum atomic E-state index is -3.66. The SMILES string of the molecule is C=CCN(CC(=O)NCc1cccs1)S(=O)(=O)c1cccs1. The molecule has 0 spiro atoms. The summed E-state index contributed by atoms with van der Waals surface area (Å²) in [6, 6.07) is 7.01. The van der Waals surface area contributed by atoms with Crippen LogP contribution in [0.1, 0.15) is 4.88 Å². The predicted octanol–water partition coefficient (Wildman–Crippen LogP) is 2.30. The molecular weight excluding hydrogens is 340 g/mol. The highest BCUT2D eigenvalue weighted by atomic mass is 32.2. The molecule has 0 bridgehead atoms. The summed E-state index contributed by atoms with van der Waals surface area (Å²) in [6.45, 7) is 3.82. The molecule has 0 aliphatic heterocycles. The molecule has 118 valence electrons. The summed E-state index contributed by atoms with van der Waals surface area (Å²) in [5.74, 6) is -0.338. The highest BCUT2D eigenvalue weighted by Gasteiger charge is 2.26. The Bertz CT molecular complexity index is 707. The van der Waals surface area contributed by atoms with Crippen LogP contribution in [0.5, 0.6) is 0 Å². The number of nitrogens with one attached hydrogen (secondary N) is 1. The molecule has 1 N–H and O–H groups in total. The number of thiophene rings is 2. The van der Waals surface area contributed by atoms with Gasteiger partial charge in [-0.25, -0.2) is 8.42 Å². The fraction of sp³-hybridized carbons (Fsp3) is 0.214. The average molecular weight is 356 g/mol. The number of hydrogen-bond acceptors (Lipinski definition) is 5. The van der Waals surface area contributed by atoms with Gasteiger partial charge >= 0.3 is 0 Å². The number of hydrogen-bond donors (Lipinski definition) is 1. The quantitative estimate of drug-likeness (QED) is 0.738. The molecule has 2 aromatic rings. The molecule has 0 aliphatic rings. The molecule has 0 fully saturated rings. The van der Waals surface area contributed by atoms with E-state index in [0.29, 0.717) is 6.54 Å². The first-order chi connectivity index (χ1) is 10.5. The minimum absolute atomic E-state index is 0.0899. The van der Waals surface area contributed by atoms with Gasteiger partial charge in [0, 0.05) is 11.4 Å². The summed E-state index contributed by atoms with van der Waals surface area (Å²) in [4.78, 5) is 13.0. The smallest absolute Gasteiger partial charge is 0.253 e. The van der Waals surface area contributed by atoms with Crippen LogP contribution in [0.4, 0.5) is 0 Å². The Balaban J connectivity index is 2.02. The van der Waals surface area contributed by atoms with Crippen molar-refractivity contribution >= 4 is 38.6 Å². The Hall–Kier alpha value is -1.48. The molecular formula is C14H16N2O3S3. The maximum atomic E-state index is 12.5. The van der Waals surface area contributed by atoms with Crippen molar-refractivity contribution in [1.82, 2.24) is 9.62 Å². The van der Waals surface area contributed by atoms with Gasteiger partial charge in [0.15, 0.2) is 0 Å². The van der Waals surface area contributed by atoms with Crippen molar-refractivity contribution in [1.29, 1.82) is 0 Å². The van der Waals surface area contributed by atoms with Gasteiger partial charge < -0.3 is 5.32 Å². The fourth-order valence-electron chi connectivity index (χ4n) is 1.74. The van der Waals surface area contributed by atoms with Gasteiger partial charge in [-0.3, -0.25) is 4.79 Å². The second-order valence-electron chi connectivity index (χ2n) is 4.37. The summed E-state index contributed by atoms with van der Waals surface area (Å²) >= 11 is 2.67. The second-order valence-corrected chi connectivity index (χ2v) is 8.52. The van der Waals surface area contributed by atoms with Crippen LogP contribution in [0.15, 0.2) is 51.9 Å². The second kappa shape index (κ2) is 7.68. The molecule has 1 amide bonds. The maximum Gasteiger partial charge on any atom is 0.253 e. The Morgan fingerprint density at radius 1 is 1.27 bits per heavy atom. The number of carbonyl (C=O) groups is 1. The van der Waals surface area contributed by atoms with E-state index in [9.17, 15) is 13.2 Å². The van der Waals surface area contributed by atoms with E-state index >= 15 is 0 Å². The molecule has 0 saturated heterocycles. The van der Waals surface area contributed by atoms with E-state index in [0.717, 1.165) is 20.5 Å². The maximum absolute atomic E-state index is 12.5. The molecule has 2 rings (SSSR count). The standard InChI is InChI=1S/C14H16N2O3S3/c1-2-7-16(22(18,19)14-6-4-9-21-14)11-13(17)15-10-12-5-3-8-20-12/h2-6,8-9H,1,7,10-11H2,(H,15,17). The molecule has 0 aromatic carbocycles. The van der Waals surface area contributed by atoms with E-state index in [1.807, 2.05) is 17.5 Å². The third-order valence-corrected chi connectivity index (χ3v) is 6.84. The molecule has 2 aromatic heterocycles. The van der Waals surface area contributed by atoms with Gasteiger partial charge in [0.2, 0.25) is 5.91 Å². The van der Waals surface area contributed by atoms with Gasteiger partial charge in [0.25, 0.3) is 10.0 Å². The summed E-state index contributed by atoms with van der Waals surface area (Å²) in [5, 5.41) is 6.34. The van der Waals surface area contributed by atoms with E-state index in [1.54, 1.807) is 11.4 Å². The summed E-state index contributed by atoms with van der Waals surface area (Å²) < 4.78 is 26.3. The van der Waals surface area contributed by atoms with Gasteiger partial charge in [-0.05, 0) is 22.9 Å². The van der Waals surface area contributed by atoms with Crippen LogP contribution in [0, 0.1) is 0 Å². The molecule has 2 heterocycles. The average Bonchev–Trinajstić information content (AvgIpc) is 3.17. The molecule has 0 atom stereocenters. The van der Waals surface area contributed by atoms with Crippen molar-refractivity contribution in [3.8, 4) is 0 Å². The first-order valence-corrected chi connectivity index (χ1v) is 9.67. The van der Waals surface area contributed by atoms with Crippen molar-refractivity contribution in [2.45, 2.75) is 10.8 Å². The molecule has 0 aliphatic carbocycles. The molecule has 0 radical (unpaired) electrons. The molecule has 0 saturated carbocycles. The third kappa shape index (κ3) is 4.26. The lowest BCUT2D eigenvalue weighted by Crippen LogP contribution is -2.40. The summed E-state index contributed by atoms with van der Waals surface area (Å²) in [6.07, 6.45) is 1.47. The number of amides is 1. The number of carbonyl (C=O) groups excluding carboxylic acids is 1. The third-order valence-electron chi connectivity index (χ3n) is 2.78. The number of rotatable bonds is 8. The van der Waals surface area contributed by atoms with Crippen molar-refractivity contribution in [2.24, 2.45) is 0 Å². The van der Waals surface area contributed by atoms with Crippen molar-refractivity contribution in [2.75, 3.05) is 13.1 Å². The molecule has 8 heteroatoms. The van der Waals surface area contributed by atoms with Crippen LogP contribution in [-0.2, 0) is 21.4 Å². The highest BCUT2D eigenvalue weighted by molar-refractivity contribution is 7.91. The first kappa shape index (κ1) is 16.9. The zero-order valence-electron chi connectivity index (χ0n) is 11.8. The Morgan fingerprint density at radius 3 is 2.59 bits per heavy atom. The molecule has 5 nitrogen and oxygen atoms in total.